The summed E-state index contributed by atoms with van der Waals surface area (Å²) in [5.74, 6) is -0.446. The Kier molecular flexibility index (Phi) is 4.95. The van der Waals surface area contributed by atoms with Crippen LogP contribution >= 0.6 is 0 Å². The minimum atomic E-state index is -0.742. The fourth-order valence-corrected chi connectivity index (χ4v) is 1.16. The van der Waals surface area contributed by atoms with Crippen molar-refractivity contribution in [2.24, 2.45) is 5.73 Å². The zero-order chi connectivity index (χ0) is 12.0. The van der Waals surface area contributed by atoms with E-state index < -0.39 is 12.0 Å². The van der Waals surface area contributed by atoms with Crippen LogP contribution in [0.5, 0.6) is 0 Å². The molecule has 88 valence electrons. The van der Waals surface area contributed by atoms with Crippen LogP contribution in [0.15, 0.2) is 30.3 Å². The number of ether oxygens (including phenoxy) is 2. The number of esters is 1. The van der Waals surface area contributed by atoms with Gasteiger partial charge in [0.2, 0.25) is 0 Å². The van der Waals surface area contributed by atoms with Crippen LogP contribution < -0.4 is 5.73 Å². The van der Waals surface area contributed by atoms with Gasteiger partial charge in [-0.15, -0.1) is 0 Å². The van der Waals surface area contributed by atoms with Crippen LogP contribution in [0.2, 0.25) is 0 Å². The van der Waals surface area contributed by atoms with Crippen LogP contribution in [0, 0.1) is 0 Å². The molecule has 0 aliphatic carbocycles. The number of hydrogen-bond acceptors (Lipinski definition) is 4. The molecule has 0 radical (unpaired) electrons. The van der Waals surface area contributed by atoms with Crippen LogP contribution in [0.1, 0.15) is 12.5 Å². The van der Waals surface area contributed by atoms with Crippen LogP contribution in [0.4, 0.5) is 0 Å². The fraction of sp³-hybridized carbons (Fsp3) is 0.417. The molecule has 4 heteroatoms. The summed E-state index contributed by atoms with van der Waals surface area (Å²) in [6.45, 7) is 1.97. The minimum Gasteiger partial charge on any atom is -0.460 e. The second kappa shape index (κ2) is 6.25. The molecule has 1 rings (SSSR count). The molecule has 0 saturated carbocycles. The van der Waals surface area contributed by atoms with E-state index in [0.29, 0.717) is 0 Å². The van der Waals surface area contributed by atoms with Crippen molar-refractivity contribution < 1.29 is 14.3 Å². The average Bonchev–Trinajstić information content (AvgIpc) is 2.35. The first kappa shape index (κ1) is 12.7. The molecule has 2 N–H and O–H groups in total. The summed E-state index contributed by atoms with van der Waals surface area (Å²) in [4.78, 5) is 11.5. The summed E-state index contributed by atoms with van der Waals surface area (Å²) in [5.41, 5.74) is 6.57. The summed E-state index contributed by atoms with van der Waals surface area (Å²) in [6.07, 6.45) is -0.344. The van der Waals surface area contributed by atoms with Crippen molar-refractivity contribution in [2.75, 3.05) is 7.11 Å². The van der Waals surface area contributed by atoms with Gasteiger partial charge in [-0.1, -0.05) is 30.3 Å². The molecule has 0 unspecified atom stereocenters. The van der Waals surface area contributed by atoms with E-state index in [9.17, 15) is 4.79 Å². The van der Waals surface area contributed by atoms with Crippen molar-refractivity contribution in [1.82, 2.24) is 0 Å². The largest absolute Gasteiger partial charge is 0.460 e. The highest BCUT2D eigenvalue weighted by molar-refractivity contribution is 5.76. The first-order valence-electron chi connectivity index (χ1n) is 5.14. The topological polar surface area (TPSA) is 61.5 Å². The third-order valence-electron chi connectivity index (χ3n) is 2.37. The average molecular weight is 223 g/mol. The van der Waals surface area contributed by atoms with Gasteiger partial charge in [-0.25, -0.2) is 0 Å². The molecule has 0 aliphatic rings. The Labute approximate surface area is 95.3 Å². The van der Waals surface area contributed by atoms with E-state index in [2.05, 4.69) is 0 Å². The third kappa shape index (κ3) is 3.64. The Morgan fingerprint density at radius 3 is 2.56 bits per heavy atom. The van der Waals surface area contributed by atoms with Crippen molar-refractivity contribution >= 4 is 5.97 Å². The highest BCUT2D eigenvalue weighted by Crippen LogP contribution is 2.03. The number of benzene rings is 1. The van der Waals surface area contributed by atoms with E-state index in [1.54, 1.807) is 6.92 Å². The molecule has 0 spiro atoms. The van der Waals surface area contributed by atoms with E-state index in [4.69, 9.17) is 15.2 Å². The maximum Gasteiger partial charge on any atom is 0.325 e. The number of carbonyl (C=O) groups excluding carboxylic acids is 1. The molecule has 0 aromatic heterocycles. The van der Waals surface area contributed by atoms with Gasteiger partial charge in [-0.3, -0.25) is 4.79 Å². The lowest BCUT2D eigenvalue weighted by Crippen LogP contribution is -2.42. The minimum absolute atomic E-state index is 0.240. The Bertz CT molecular complexity index is 326. The predicted octanol–water partition coefficient (Wildman–Crippen LogP) is 1.09. The predicted molar refractivity (Wildman–Crippen MR) is 60.7 cm³/mol. The lowest BCUT2D eigenvalue weighted by Gasteiger charge is -2.16. The van der Waals surface area contributed by atoms with Crippen molar-refractivity contribution in [3.05, 3.63) is 35.9 Å². The van der Waals surface area contributed by atoms with Gasteiger partial charge in [-0.05, 0) is 12.5 Å². The maximum absolute atomic E-state index is 11.5. The van der Waals surface area contributed by atoms with Crippen LogP contribution in [0.3, 0.4) is 0 Å². The molecule has 0 aliphatic heterocycles. The number of nitrogens with two attached hydrogens (primary N) is 1. The fourth-order valence-electron chi connectivity index (χ4n) is 1.16. The van der Waals surface area contributed by atoms with Gasteiger partial charge in [0.25, 0.3) is 0 Å². The molecule has 4 nitrogen and oxygen atoms in total. The number of rotatable bonds is 5. The van der Waals surface area contributed by atoms with E-state index >= 15 is 0 Å². The molecule has 16 heavy (non-hydrogen) atoms. The zero-order valence-electron chi connectivity index (χ0n) is 9.55. The Morgan fingerprint density at radius 1 is 1.38 bits per heavy atom. The molecule has 0 amide bonds. The monoisotopic (exact) mass is 223 g/mol. The van der Waals surface area contributed by atoms with Crippen molar-refractivity contribution in [3.63, 3.8) is 0 Å². The van der Waals surface area contributed by atoms with Gasteiger partial charge in [-0.2, -0.15) is 0 Å². The normalized spacial score (nSPS) is 14.2. The van der Waals surface area contributed by atoms with E-state index in [1.807, 2.05) is 30.3 Å². The lowest BCUT2D eigenvalue weighted by atomic mass is 10.2. The molecule has 0 bridgehead atoms. The molecule has 0 heterocycles. The molecule has 0 fully saturated rings. The Balaban J connectivity index is 2.41. The smallest absolute Gasteiger partial charge is 0.325 e. The molecular weight excluding hydrogens is 206 g/mol. The SMILES string of the molecule is CO[C@H](C)[C@@H](N)C(=O)OCc1ccccc1. The quantitative estimate of drug-likeness (QED) is 0.759. The lowest BCUT2D eigenvalue weighted by molar-refractivity contribution is -0.149. The summed E-state index contributed by atoms with van der Waals surface area (Å²) in [5, 5.41) is 0. The van der Waals surface area contributed by atoms with Gasteiger partial charge < -0.3 is 15.2 Å². The van der Waals surface area contributed by atoms with Gasteiger partial charge in [0.15, 0.2) is 0 Å². The first-order valence-corrected chi connectivity index (χ1v) is 5.14. The summed E-state index contributed by atoms with van der Waals surface area (Å²) >= 11 is 0. The number of methoxy groups -OCH3 is 1. The summed E-state index contributed by atoms with van der Waals surface area (Å²) < 4.78 is 10.0. The number of carbonyl (C=O) groups is 1. The highest BCUT2D eigenvalue weighted by atomic mass is 16.5. The molecule has 2 atom stereocenters. The van der Waals surface area contributed by atoms with Crippen LogP contribution in [-0.4, -0.2) is 25.2 Å². The van der Waals surface area contributed by atoms with Gasteiger partial charge in [0, 0.05) is 7.11 Å². The van der Waals surface area contributed by atoms with Gasteiger partial charge >= 0.3 is 5.97 Å². The van der Waals surface area contributed by atoms with Crippen molar-refractivity contribution in [1.29, 1.82) is 0 Å². The zero-order valence-corrected chi connectivity index (χ0v) is 9.55. The standard InChI is InChI=1S/C12H17NO3/c1-9(15-2)11(13)12(14)16-8-10-6-4-3-5-7-10/h3-7,9,11H,8,13H2,1-2H3/t9-,11-/m1/s1. The van der Waals surface area contributed by atoms with Crippen LogP contribution in [-0.2, 0) is 20.9 Å². The summed E-state index contributed by atoms with van der Waals surface area (Å²) in [6, 6.07) is 8.72. The molecule has 1 aromatic rings. The third-order valence-corrected chi connectivity index (χ3v) is 2.37. The van der Waals surface area contributed by atoms with Gasteiger partial charge in [0.05, 0.1) is 6.10 Å². The van der Waals surface area contributed by atoms with E-state index in [0.717, 1.165) is 5.56 Å². The Morgan fingerprint density at radius 2 is 2.00 bits per heavy atom. The second-order valence-corrected chi connectivity index (χ2v) is 3.56. The second-order valence-electron chi connectivity index (χ2n) is 3.56. The molecule has 0 saturated heterocycles. The molecular formula is C12H17NO3. The van der Waals surface area contributed by atoms with Crippen LogP contribution in [0.25, 0.3) is 0 Å². The van der Waals surface area contributed by atoms with E-state index in [-0.39, 0.29) is 12.7 Å². The molecule has 1 aromatic carbocycles. The van der Waals surface area contributed by atoms with Gasteiger partial charge in [0.1, 0.15) is 12.6 Å². The van der Waals surface area contributed by atoms with Crippen molar-refractivity contribution in [3.8, 4) is 0 Å². The van der Waals surface area contributed by atoms with Crippen molar-refractivity contribution in [2.45, 2.75) is 25.7 Å². The first-order chi connectivity index (χ1) is 7.65. The Hall–Kier alpha value is -1.39. The highest BCUT2D eigenvalue weighted by Gasteiger charge is 2.21. The van der Waals surface area contributed by atoms with E-state index in [1.165, 1.54) is 7.11 Å². The number of hydrogen-bond donors (Lipinski definition) is 1. The summed E-state index contributed by atoms with van der Waals surface area (Å²) in [7, 11) is 1.51. The maximum atomic E-state index is 11.5.